The van der Waals surface area contributed by atoms with E-state index in [1.54, 1.807) is 0 Å². The SMILES string of the molecule is C=C(C)C(=O)Oc1ccc(S(=O)(=O)O)cc1. The molecule has 6 heteroatoms. The number of rotatable bonds is 3. The van der Waals surface area contributed by atoms with Crippen LogP contribution in [0.15, 0.2) is 41.3 Å². The maximum absolute atomic E-state index is 11.1. The van der Waals surface area contributed by atoms with Crippen LogP contribution in [-0.2, 0) is 14.9 Å². The number of carbonyl (C=O) groups excluding carboxylic acids is 1. The maximum Gasteiger partial charge on any atom is 0.338 e. The second-order valence-corrected chi connectivity index (χ2v) is 4.54. The summed E-state index contributed by atoms with van der Waals surface area (Å²) in [7, 11) is -4.22. The fraction of sp³-hybridized carbons (Fsp3) is 0.100. The molecule has 0 saturated carbocycles. The molecule has 0 aliphatic heterocycles. The molecule has 0 amide bonds. The lowest BCUT2D eigenvalue weighted by Crippen LogP contribution is -2.08. The van der Waals surface area contributed by atoms with Crippen molar-refractivity contribution in [3.05, 3.63) is 36.4 Å². The van der Waals surface area contributed by atoms with Gasteiger partial charge in [0.05, 0.1) is 4.90 Å². The fourth-order valence-electron chi connectivity index (χ4n) is 0.874. The smallest absolute Gasteiger partial charge is 0.338 e. The van der Waals surface area contributed by atoms with E-state index in [4.69, 9.17) is 9.29 Å². The highest BCUT2D eigenvalue weighted by Gasteiger charge is 2.10. The summed E-state index contributed by atoms with van der Waals surface area (Å²) in [4.78, 5) is 10.8. The average Bonchev–Trinajstić information content (AvgIpc) is 2.17. The van der Waals surface area contributed by atoms with Gasteiger partial charge in [0.2, 0.25) is 0 Å². The Bertz CT molecular complexity index is 513. The first-order valence-corrected chi connectivity index (χ1v) is 5.70. The summed E-state index contributed by atoms with van der Waals surface area (Å²) in [5.74, 6) is -0.417. The van der Waals surface area contributed by atoms with Crippen molar-refractivity contribution in [1.82, 2.24) is 0 Å². The average molecular weight is 242 g/mol. The van der Waals surface area contributed by atoms with Gasteiger partial charge in [0.1, 0.15) is 5.75 Å². The molecule has 1 N–H and O–H groups in total. The van der Waals surface area contributed by atoms with Crippen LogP contribution in [0.3, 0.4) is 0 Å². The zero-order valence-electron chi connectivity index (χ0n) is 8.50. The molecule has 0 heterocycles. The lowest BCUT2D eigenvalue weighted by molar-refractivity contribution is -0.130. The summed E-state index contributed by atoms with van der Waals surface area (Å²) in [6, 6.07) is 4.81. The largest absolute Gasteiger partial charge is 0.423 e. The normalized spacial score (nSPS) is 10.9. The van der Waals surface area contributed by atoms with Gasteiger partial charge in [0, 0.05) is 5.57 Å². The van der Waals surface area contributed by atoms with Crippen LogP contribution in [0.5, 0.6) is 5.75 Å². The third kappa shape index (κ3) is 3.18. The van der Waals surface area contributed by atoms with Crippen LogP contribution in [0.4, 0.5) is 0 Å². The topological polar surface area (TPSA) is 80.7 Å². The molecular weight excluding hydrogens is 232 g/mol. The van der Waals surface area contributed by atoms with Crippen molar-refractivity contribution in [3.63, 3.8) is 0 Å². The standard InChI is InChI=1S/C10H10O5S/c1-7(2)10(11)15-8-3-5-9(6-4-8)16(12,13)14/h3-6H,1H2,2H3,(H,12,13,14). The van der Waals surface area contributed by atoms with Gasteiger partial charge in [0.15, 0.2) is 0 Å². The van der Waals surface area contributed by atoms with Crippen LogP contribution in [0.1, 0.15) is 6.92 Å². The van der Waals surface area contributed by atoms with Crippen LogP contribution in [-0.4, -0.2) is 18.9 Å². The van der Waals surface area contributed by atoms with Gasteiger partial charge in [0.25, 0.3) is 10.1 Å². The van der Waals surface area contributed by atoms with Gasteiger partial charge in [-0.25, -0.2) is 4.79 Å². The van der Waals surface area contributed by atoms with Gasteiger partial charge < -0.3 is 4.74 Å². The van der Waals surface area contributed by atoms with E-state index in [0.29, 0.717) is 0 Å². The zero-order valence-corrected chi connectivity index (χ0v) is 9.32. The summed E-state index contributed by atoms with van der Waals surface area (Å²) in [6.07, 6.45) is 0. The molecule has 1 aromatic rings. The van der Waals surface area contributed by atoms with Crippen LogP contribution in [0.25, 0.3) is 0 Å². The number of hydrogen-bond acceptors (Lipinski definition) is 4. The van der Waals surface area contributed by atoms with E-state index >= 15 is 0 Å². The Labute approximate surface area is 93.1 Å². The molecule has 0 aliphatic carbocycles. The molecule has 0 radical (unpaired) electrons. The van der Waals surface area contributed by atoms with E-state index < -0.39 is 16.1 Å². The van der Waals surface area contributed by atoms with Gasteiger partial charge in [-0.2, -0.15) is 8.42 Å². The van der Waals surface area contributed by atoms with Crippen LogP contribution >= 0.6 is 0 Å². The second kappa shape index (κ2) is 4.46. The van der Waals surface area contributed by atoms with Crippen molar-refractivity contribution in [2.24, 2.45) is 0 Å². The van der Waals surface area contributed by atoms with Crippen molar-refractivity contribution in [2.45, 2.75) is 11.8 Å². The minimum absolute atomic E-state index is 0.181. The summed E-state index contributed by atoms with van der Waals surface area (Å²) in [5, 5.41) is 0. The van der Waals surface area contributed by atoms with Crippen molar-refractivity contribution in [3.8, 4) is 5.75 Å². The molecule has 0 aromatic heterocycles. The Morgan fingerprint density at radius 1 is 1.31 bits per heavy atom. The number of carbonyl (C=O) groups is 1. The number of benzene rings is 1. The quantitative estimate of drug-likeness (QED) is 0.375. The zero-order chi connectivity index (χ0) is 12.3. The maximum atomic E-state index is 11.1. The summed E-state index contributed by atoms with van der Waals surface area (Å²) in [6.45, 7) is 4.89. The molecule has 0 spiro atoms. The lowest BCUT2D eigenvalue weighted by Gasteiger charge is -2.03. The molecule has 1 aromatic carbocycles. The molecule has 0 bridgehead atoms. The molecule has 0 aliphatic rings. The highest BCUT2D eigenvalue weighted by atomic mass is 32.2. The molecule has 86 valence electrons. The van der Waals surface area contributed by atoms with Gasteiger partial charge in [-0.1, -0.05) is 6.58 Å². The molecule has 1 rings (SSSR count). The lowest BCUT2D eigenvalue weighted by atomic mass is 10.3. The summed E-state index contributed by atoms with van der Waals surface area (Å²) >= 11 is 0. The minimum Gasteiger partial charge on any atom is -0.423 e. The van der Waals surface area contributed by atoms with E-state index in [2.05, 4.69) is 6.58 Å². The van der Waals surface area contributed by atoms with Crippen molar-refractivity contribution in [2.75, 3.05) is 0 Å². The van der Waals surface area contributed by atoms with Gasteiger partial charge in [-0.05, 0) is 31.2 Å². The van der Waals surface area contributed by atoms with Gasteiger partial charge in [-0.15, -0.1) is 0 Å². The molecule has 0 unspecified atom stereocenters. The van der Waals surface area contributed by atoms with Crippen LogP contribution < -0.4 is 4.74 Å². The van der Waals surface area contributed by atoms with E-state index in [0.717, 1.165) is 12.1 Å². The van der Waals surface area contributed by atoms with Gasteiger partial charge in [-0.3, -0.25) is 4.55 Å². The third-order valence-electron chi connectivity index (χ3n) is 1.68. The van der Waals surface area contributed by atoms with Gasteiger partial charge >= 0.3 is 5.97 Å². The van der Waals surface area contributed by atoms with Crippen molar-refractivity contribution < 1.29 is 22.5 Å². The van der Waals surface area contributed by atoms with Crippen LogP contribution in [0, 0.1) is 0 Å². The first-order valence-electron chi connectivity index (χ1n) is 4.26. The Hall–Kier alpha value is -1.66. The first-order chi connectivity index (χ1) is 7.30. The molecule has 5 nitrogen and oxygen atoms in total. The summed E-state index contributed by atoms with van der Waals surface area (Å²) in [5.41, 5.74) is 0.235. The Morgan fingerprint density at radius 2 is 1.81 bits per heavy atom. The van der Waals surface area contributed by atoms with E-state index in [1.807, 2.05) is 0 Å². The molecule has 0 fully saturated rings. The van der Waals surface area contributed by atoms with Crippen LogP contribution in [0.2, 0.25) is 0 Å². The highest BCUT2D eigenvalue weighted by Crippen LogP contribution is 2.16. The third-order valence-corrected chi connectivity index (χ3v) is 2.55. The fourth-order valence-corrected chi connectivity index (χ4v) is 1.35. The minimum atomic E-state index is -4.22. The highest BCUT2D eigenvalue weighted by molar-refractivity contribution is 7.85. The summed E-state index contributed by atoms with van der Waals surface area (Å²) < 4.78 is 34.9. The number of hydrogen-bond donors (Lipinski definition) is 1. The van der Waals surface area contributed by atoms with Crippen molar-refractivity contribution >= 4 is 16.1 Å². The number of esters is 1. The molecular formula is C10H10O5S. The van der Waals surface area contributed by atoms with E-state index in [-0.39, 0.29) is 16.2 Å². The Balaban J connectivity index is 2.88. The predicted molar refractivity (Wildman–Crippen MR) is 56.7 cm³/mol. The van der Waals surface area contributed by atoms with E-state index in [1.165, 1.54) is 19.1 Å². The molecule has 16 heavy (non-hydrogen) atoms. The first kappa shape index (κ1) is 12.4. The Kier molecular flexibility index (Phi) is 3.46. The van der Waals surface area contributed by atoms with E-state index in [9.17, 15) is 13.2 Å². The predicted octanol–water partition coefficient (Wildman–Crippen LogP) is 1.41. The Morgan fingerprint density at radius 3 is 2.19 bits per heavy atom. The number of ether oxygens (including phenoxy) is 1. The molecule has 0 saturated heterocycles. The molecule has 0 atom stereocenters. The second-order valence-electron chi connectivity index (χ2n) is 3.12. The van der Waals surface area contributed by atoms with Crippen molar-refractivity contribution in [1.29, 1.82) is 0 Å². The monoisotopic (exact) mass is 242 g/mol.